The Morgan fingerprint density at radius 2 is 0.686 bits per heavy atom. The minimum atomic E-state index is -0.459. The van der Waals surface area contributed by atoms with Gasteiger partial charge in [0.1, 0.15) is 0 Å². The summed E-state index contributed by atoms with van der Waals surface area (Å²) < 4.78 is 0. The minimum Gasteiger partial charge on any atom is -0.311 e. The van der Waals surface area contributed by atoms with Crippen LogP contribution in [0, 0.1) is 0 Å². The van der Waals surface area contributed by atoms with E-state index in [4.69, 9.17) is 0 Å². The molecule has 1 aliphatic carbocycles. The Kier molecular flexibility index (Phi) is 10.1. The third-order valence-corrected chi connectivity index (χ3v) is 14.6. The Hall–Kier alpha value is -9.04. The van der Waals surface area contributed by atoms with E-state index in [1.54, 1.807) is 0 Å². The third-order valence-electron chi connectivity index (χ3n) is 14.6. The molecule has 0 heterocycles. The predicted octanol–water partition coefficient (Wildman–Crippen LogP) is 18.5. The quantitative estimate of drug-likeness (QED) is 0.140. The maximum Gasteiger partial charge on any atom is 0.0713 e. The van der Waals surface area contributed by atoms with Crippen molar-refractivity contribution >= 4 is 38.6 Å². The van der Waals surface area contributed by atoms with Crippen molar-refractivity contribution < 1.29 is 0 Å². The van der Waals surface area contributed by atoms with Crippen molar-refractivity contribution in [2.75, 3.05) is 4.90 Å². The molecule has 328 valence electrons. The molecule has 0 saturated heterocycles. The van der Waals surface area contributed by atoms with Gasteiger partial charge in [-0.15, -0.1) is 0 Å². The summed E-state index contributed by atoms with van der Waals surface area (Å²) in [5.41, 5.74) is 20.2. The monoisotopic (exact) mass is 889 g/mol. The highest BCUT2D eigenvalue weighted by Crippen LogP contribution is 2.56. The lowest BCUT2D eigenvalue weighted by Gasteiger charge is -2.34. The normalized spacial score (nSPS) is 12.4. The number of nitrogens with zero attached hydrogens (tertiary/aromatic N) is 1. The fraction of sp³-hybridized carbons (Fsp3) is 0.0145. The first kappa shape index (κ1) is 41.2. The molecule has 1 nitrogen and oxygen atoms in total. The van der Waals surface area contributed by atoms with Crippen LogP contribution in [-0.4, -0.2) is 0 Å². The highest BCUT2D eigenvalue weighted by atomic mass is 15.1. The van der Waals surface area contributed by atoms with E-state index in [0.717, 1.165) is 17.1 Å². The van der Waals surface area contributed by atoms with E-state index < -0.39 is 5.41 Å². The molecule has 0 spiro atoms. The average molecular weight is 890 g/mol. The molecule has 1 heteroatoms. The highest BCUT2D eigenvalue weighted by molar-refractivity contribution is 6.04. The molecular formula is C69H47N. The van der Waals surface area contributed by atoms with Crippen LogP contribution in [0.15, 0.2) is 285 Å². The van der Waals surface area contributed by atoms with Gasteiger partial charge in [-0.2, -0.15) is 0 Å². The lowest BCUT2D eigenvalue weighted by atomic mass is 9.67. The lowest BCUT2D eigenvalue weighted by molar-refractivity contribution is 0.769. The first-order valence-corrected chi connectivity index (χ1v) is 24.2. The molecule has 12 aromatic carbocycles. The van der Waals surface area contributed by atoms with Crippen molar-refractivity contribution in [3.05, 3.63) is 307 Å². The first-order chi connectivity index (χ1) is 34.7. The molecule has 0 bridgehead atoms. The van der Waals surface area contributed by atoms with Crippen molar-refractivity contribution in [3.63, 3.8) is 0 Å². The van der Waals surface area contributed by atoms with Gasteiger partial charge in [-0.25, -0.2) is 0 Å². The lowest BCUT2D eigenvalue weighted by Crippen LogP contribution is -2.28. The summed E-state index contributed by atoms with van der Waals surface area (Å²) in [6, 6.07) is 105. The number of benzene rings is 12. The van der Waals surface area contributed by atoms with Gasteiger partial charge in [0.05, 0.1) is 5.41 Å². The van der Waals surface area contributed by atoms with Crippen LogP contribution >= 0.6 is 0 Å². The molecule has 0 aliphatic heterocycles. The zero-order chi connectivity index (χ0) is 46.4. The predicted molar refractivity (Wildman–Crippen MR) is 295 cm³/mol. The zero-order valence-corrected chi connectivity index (χ0v) is 38.6. The van der Waals surface area contributed by atoms with E-state index in [9.17, 15) is 0 Å². The van der Waals surface area contributed by atoms with Gasteiger partial charge in [0, 0.05) is 17.1 Å². The van der Waals surface area contributed by atoms with E-state index in [2.05, 4.69) is 290 Å². The van der Waals surface area contributed by atoms with Gasteiger partial charge >= 0.3 is 0 Å². The number of rotatable bonds is 9. The summed E-state index contributed by atoms with van der Waals surface area (Å²) in [5, 5.41) is 4.97. The number of hydrogen-bond acceptors (Lipinski definition) is 1. The Morgan fingerprint density at radius 1 is 0.243 bits per heavy atom. The number of anilines is 3. The summed E-state index contributed by atoms with van der Waals surface area (Å²) in [5.74, 6) is 0. The van der Waals surface area contributed by atoms with Crippen molar-refractivity contribution in [3.8, 4) is 55.6 Å². The van der Waals surface area contributed by atoms with E-state index in [-0.39, 0.29) is 0 Å². The molecule has 70 heavy (non-hydrogen) atoms. The maximum absolute atomic E-state index is 2.42. The molecule has 0 aromatic heterocycles. The van der Waals surface area contributed by atoms with Crippen LogP contribution in [0.25, 0.3) is 77.2 Å². The first-order valence-electron chi connectivity index (χ1n) is 24.2. The summed E-state index contributed by atoms with van der Waals surface area (Å²) in [7, 11) is 0. The van der Waals surface area contributed by atoms with Crippen LogP contribution < -0.4 is 4.90 Å². The minimum absolute atomic E-state index is 0.459. The van der Waals surface area contributed by atoms with E-state index in [1.807, 2.05) is 0 Å². The van der Waals surface area contributed by atoms with Crippen molar-refractivity contribution in [1.29, 1.82) is 0 Å². The second-order valence-corrected chi connectivity index (χ2v) is 18.4. The molecule has 12 aromatic rings. The van der Waals surface area contributed by atoms with Crippen LogP contribution in [0.3, 0.4) is 0 Å². The van der Waals surface area contributed by atoms with Gasteiger partial charge in [-0.3, -0.25) is 0 Å². The Labute approximate surface area is 409 Å². The molecule has 0 fully saturated rings. The van der Waals surface area contributed by atoms with Crippen LogP contribution in [0.4, 0.5) is 17.1 Å². The summed E-state index contributed by atoms with van der Waals surface area (Å²) in [6.07, 6.45) is 0. The standard InChI is InChI=1S/C69H47N/c1-3-17-50(18-4-1)63-46-39-51-20-8-10-27-62(51)68(63)53-37-44-59(45-38-53)70(58-42-35-52(36-43-58)61-30-16-21-49-19-7-9-26-60(49)61)57-40-33-48(34-41-57)54-22-15-25-56(47-54)69(55-23-5-2-6-24-55)66-31-13-11-28-64(66)65-29-12-14-32-67(65)69/h1-47H. The molecule has 0 unspecified atom stereocenters. The van der Waals surface area contributed by atoms with Gasteiger partial charge in [0.15, 0.2) is 0 Å². The summed E-state index contributed by atoms with van der Waals surface area (Å²) in [6.45, 7) is 0. The maximum atomic E-state index is 2.42. The van der Waals surface area contributed by atoms with Crippen LogP contribution in [0.1, 0.15) is 22.3 Å². The Balaban J connectivity index is 0.918. The second kappa shape index (κ2) is 17.2. The van der Waals surface area contributed by atoms with Gasteiger partial charge in [0.2, 0.25) is 0 Å². The zero-order valence-electron chi connectivity index (χ0n) is 38.6. The van der Waals surface area contributed by atoms with Gasteiger partial charge in [-0.1, -0.05) is 243 Å². The number of hydrogen-bond donors (Lipinski definition) is 0. The fourth-order valence-corrected chi connectivity index (χ4v) is 11.4. The molecule has 0 radical (unpaired) electrons. The average Bonchev–Trinajstić information content (AvgIpc) is 3.75. The molecule has 0 amide bonds. The van der Waals surface area contributed by atoms with E-state index >= 15 is 0 Å². The van der Waals surface area contributed by atoms with E-state index in [1.165, 1.54) is 99.4 Å². The molecule has 0 atom stereocenters. The summed E-state index contributed by atoms with van der Waals surface area (Å²) in [4.78, 5) is 2.38. The largest absolute Gasteiger partial charge is 0.311 e. The smallest absolute Gasteiger partial charge is 0.0713 e. The molecular weight excluding hydrogens is 843 g/mol. The van der Waals surface area contributed by atoms with E-state index in [0.29, 0.717) is 0 Å². The number of fused-ring (bicyclic) bond motifs is 5. The third kappa shape index (κ3) is 6.86. The molecule has 1 aliphatic rings. The van der Waals surface area contributed by atoms with Crippen molar-refractivity contribution in [1.82, 2.24) is 0 Å². The Morgan fingerprint density at radius 3 is 1.34 bits per heavy atom. The van der Waals surface area contributed by atoms with Crippen LogP contribution in [-0.2, 0) is 5.41 Å². The molecule has 13 rings (SSSR count). The fourth-order valence-electron chi connectivity index (χ4n) is 11.4. The Bertz CT molecular complexity index is 3800. The van der Waals surface area contributed by atoms with Crippen LogP contribution in [0.2, 0.25) is 0 Å². The van der Waals surface area contributed by atoms with Gasteiger partial charge in [0.25, 0.3) is 0 Å². The topological polar surface area (TPSA) is 3.24 Å². The van der Waals surface area contributed by atoms with Crippen molar-refractivity contribution in [2.24, 2.45) is 0 Å². The van der Waals surface area contributed by atoms with Gasteiger partial charge in [-0.05, 0) is 142 Å². The summed E-state index contributed by atoms with van der Waals surface area (Å²) >= 11 is 0. The highest BCUT2D eigenvalue weighted by Gasteiger charge is 2.45. The molecule has 0 N–H and O–H groups in total. The molecule has 0 saturated carbocycles. The van der Waals surface area contributed by atoms with Gasteiger partial charge < -0.3 is 4.90 Å². The van der Waals surface area contributed by atoms with Crippen LogP contribution in [0.5, 0.6) is 0 Å². The second-order valence-electron chi connectivity index (χ2n) is 18.4. The SMILES string of the molecule is c1ccc(-c2ccc3ccccc3c2-c2ccc(N(c3ccc(-c4cccc(C5(c6ccccc6)c6ccccc6-c6ccccc65)c4)cc3)c3ccc(-c4cccc5ccccc45)cc3)cc2)cc1. The van der Waals surface area contributed by atoms with Crippen molar-refractivity contribution in [2.45, 2.75) is 5.41 Å².